The van der Waals surface area contributed by atoms with E-state index in [9.17, 15) is 13.6 Å². The monoisotopic (exact) mass is 357 g/mol. The fourth-order valence-electron chi connectivity index (χ4n) is 2.93. The summed E-state index contributed by atoms with van der Waals surface area (Å²) in [6.07, 6.45) is 0.720. The van der Waals surface area contributed by atoms with Crippen molar-refractivity contribution in [2.75, 3.05) is 20.1 Å². The summed E-state index contributed by atoms with van der Waals surface area (Å²) in [4.78, 5) is 14.3. The Labute approximate surface area is 151 Å². The lowest BCUT2D eigenvalue weighted by Gasteiger charge is -2.25. The van der Waals surface area contributed by atoms with Crippen LogP contribution in [0.2, 0.25) is 0 Å². The molecule has 4 nitrogen and oxygen atoms in total. The predicted octanol–water partition coefficient (Wildman–Crippen LogP) is 3.59. The molecule has 0 saturated carbocycles. The first-order chi connectivity index (χ1) is 12.5. The lowest BCUT2D eigenvalue weighted by atomic mass is 10.1. The summed E-state index contributed by atoms with van der Waals surface area (Å²) >= 11 is 0. The van der Waals surface area contributed by atoms with E-state index in [1.165, 1.54) is 17.1 Å². The third-order valence-corrected chi connectivity index (χ3v) is 4.67. The number of hydrogen-bond donors (Lipinski definition) is 0. The minimum atomic E-state index is -0.884. The Balaban J connectivity index is 1.64. The van der Waals surface area contributed by atoms with E-state index in [1.54, 1.807) is 11.9 Å². The second-order valence-corrected chi connectivity index (χ2v) is 6.44. The zero-order chi connectivity index (χ0) is 18.7. The first-order valence-corrected chi connectivity index (χ1v) is 8.54. The molecule has 26 heavy (non-hydrogen) atoms. The summed E-state index contributed by atoms with van der Waals surface area (Å²) in [5.41, 5.74) is 2.54. The maximum Gasteiger partial charge on any atom is 0.256 e. The molecule has 1 aliphatic heterocycles. The highest BCUT2D eigenvalue weighted by Crippen LogP contribution is 2.21. The van der Waals surface area contributed by atoms with Crippen LogP contribution in [0.25, 0.3) is 0 Å². The second-order valence-electron chi connectivity index (χ2n) is 6.44. The van der Waals surface area contributed by atoms with Gasteiger partial charge in [-0.25, -0.2) is 13.8 Å². The first-order valence-electron chi connectivity index (χ1n) is 8.54. The number of nitrogens with zero attached hydrogens (tertiary/aromatic N) is 3. The number of carbonyl (C=O) groups is 1. The van der Waals surface area contributed by atoms with E-state index < -0.39 is 11.6 Å². The summed E-state index contributed by atoms with van der Waals surface area (Å²) in [6.45, 7) is 2.55. The van der Waals surface area contributed by atoms with Crippen molar-refractivity contribution in [1.82, 2.24) is 9.91 Å². The number of hydrazone groups is 1. The highest BCUT2D eigenvalue weighted by atomic mass is 19.2. The van der Waals surface area contributed by atoms with Crippen LogP contribution in [0.4, 0.5) is 8.78 Å². The van der Waals surface area contributed by atoms with Gasteiger partial charge < -0.3 is 0 Å². The maximum atomic E-state index is 13.4. The minimum absolute atomic E-state index is 0.118. The molecule has 1 amide bonds. The summed E-state index contributed by atoms with van der Waals surface area (Å²) in [5, 5.41) is 5.92. The summed E-state index contributed by atoms with van der Waals surface area (Å²) in [6, 6.07) is 13.4. The van der Waals surface area contributed by atoms with Gasteiger partial charge in [0.05, 0.1) is 18.8 Å². The zero-order valence-electron chi connectivity index (χ0n) is 14.8. The van der Waals surface area contributed by atoms with Crippen molar-refractivity contribution in [2.45, 2.75) is 19.4 Å². The van der Waals surface area contributed by atoms with Gasteiger partial charge in [-0.3, -0.25) is 9.69 Å². The molecular weight excluding hydrogens is 336 g/mol. The van der Waals surface area contributed by atoms with Crippen molar-refractivity contribution in [3.8, 4) is 0 Å². The van der Waals surface area contributed by atoms with Gasteiger partial charge in [-0.15, -0.1) is 0 Å². The largest absolute Gasteiger partial charge is 0.291 e. The molecule has 2 aromatic carbocycles. The van der Waals surface area contributed by atoms with Gasteiger partial charge in [0.1, 0.15) is 0 Å². The summed E-state index contributed by atoms with van der Waals surface area (Å²) in [7, 11) is 1.78. The van der Waals surface area contributed by atoms with Crippen molar-refractivity contribution in [1.29, 1.82) is 0 Å². The maximum absolute atomic E-state index is 13.4. The van der Waals surface area contributed by atoms with E-state index in [-0.39, 0.29) is 18.5 Å². The van der Waals surface area contributed by atoms with Crippen LogP contribution in [0.5, 0.6) is 0 Å². The highest BCUT2D eigenvalue weighted by molar-refractivity contribution is 6.02. The van der Waals surface area contributed by atoms with Crippen molar-refractivity contribution in [2.24, 2.45) is 5.10 Å². The Bertz CT molecular complexity index is 823. The SMILES string of the molecule is CC(c1ccc(F)c(F)c1)N(C)CC(=O)N1CCC(c2ccccc2)=N1. The van der Waals surface area contributed by atoms with Crippen LogP contribution in [0.3, 0.4) is 0 Å². The molecule has 3 rings (SSSR count). The van der Waals surface area contributed by atoms with Gasteiger partial charge in [0.25, 0.3) is 5.91 Å². The normalized spacial score (nSPS) is 15.3. The smallest absolute Gasteiger partial charge is 0.256 e. The predicted molar refractivity (Wildman–Crippen MR) is 96.7 cm³/mol. The van der Waals surface area contributed by atoms with Gasteiger partial charge in [0.15, 0.2) is 11.6 Å². The van der Waals surface area contributed by atoms with Crippen LogP contribution < -0.4 is 0 Å². The van der Waals surface area contributed by atoms with Crippen LogP contribution in [0.1, 0.15) is 30.5 Å². The molecule has 0 fully saturated rings. The van der Waals surface area contributed by atoms with Crippen molar-refractivity contribution in [3.63, 3.8) is 0 Å². The fraction of sp³-hybridized carbons (Fsp3) is 0.300. The Morgan fingerprint density at radius 3 is 2.62 bits per heavy atom. The number of benzene rings is 2. The van der Waals surface area contributed by atoms with Crippen LogP contribution in [-0.2, 0) is 4.79 Å². The molecule has 0 spiro atoms. The molecule has 0 aromatic heterocycles. The van der Waals surface area contributed by atoms with Crippen molar-refractivity contribution < 1.29 is 13.6 Å². The van der Waals surface area contributed by atoms with Gasteiger partial charge in [0.2, 0.25) is 0 Å². The average Bonchev–Trinajstić information content (AvgIpc) is 3.14. The molecule has 0 N–H and O–H groups in total. The van der Waals surface area contributed by atoms with Gasteiger partial charge >= 0.3 is 0 Å². The molecule has 0 bridgehead atoms. The van der Waals surface area contributed by atoms with E-state index >= 15 is 0 Å². The number of halogens is 2. The minimum Gasteiger partial charge on any atom is -0.291 e. The number of rotatable bonds is 5. The van der Waals surface area contributed by atoms with Crippen molar-refractivity contribution in [3.05, 3.63) is 71.3 Å². The third-order valence-electron chi connectivity index (χ3n) is 4.67. The molecule has 1 unspecified atom stereocenters. The van der Waals surface area contributed by atoms with Gasteiger partial charge in [-0.2, -0.15) is 5.10 Å². The van der Waals surface area contributed by atoms with E-state index in [0.29, 0.717) is 12.1 Å². The second kappa shape index (κ2) is 7.74. The lowest BCUT2D eigenvalue weighted by Crippen LogP contribution is -2.36. The average molecular weight is 357 g/mol. The van der Waals surface area contributed by atoms with Crippen LogP contribution in [-0.4, -0.2) is 41.7 Å². The molecule has 1 atom stereocenters. The van der Waals surface area contributed by atoms with E-state index in [2.05, 4.69) is 5.10 Å². The zero-order valence-corrected chi connectivity index (χ0v) is 14.8. The third kappa shape index (κ3) is 3.96. The summed E-state index contributed by atoms with van der Waals surface area (Å²) < 4.78 is 26.5. The van der Waals surface area contributed by atoms with Gasteiger partial charge in [-0.05, 0) is 37.2 Å². The highest BCUT2D eigenvalue weighted by Gasteiger charge is 2.24. The van der Waals surface area contributed by atoms with Crippen LogP contribution in [0.15, 0.2) is 53.6 Å². The molecule has 0 radical (unpaired) electrons. The Kier molecular flexibility index (Phi) is 5.42. The van der Waals surface area contributed by atoms with Crippen LogP contribution >= 0.6 is 0 Å². The van der Waals surface area contributed by atoms with Crippen molar-refractivity contribution >= 4 is 11.6 Å². The van der Waals surface area contributed by atoms with E-state index in [1.807, 2.05) is 37.3 Å². The molecule has 6 heteroatoms. The molecular formula is C20H21F2N3O. The lowest BCUT2D eigenvalue weighted by molar-refractivity contribution is -0.132. The Hall–Kier alpha value is -2.60. The topological polar surface area (TPSA) is 35.9 Å². The van der Waals surface area contributed by atoms with Gasteiger partial charge in [0, 0.05) is 12.5 Å². The van der Waals surface area contributed by atoms with E-state index in [0.717, 1.165) is 23.8 Å². The molecule has 136 valence electrons. The Morgan fingerprint density at radius 1 is 1.19 bits per heavy atom. The Morgan fingerprint density at radius 2 is 1.92 bits per heavy atom. The number of likely N-dealkylation sites (N-methyl/N-ethyl adjacent to an activating group) is 1. The first kappa shape index (κ1) is 18.2. The number of carbonyl (C=O) groups excluding carboxylic acids is 1. The number of hydrogen-bond acceptors (Lipinski definition) is 3. The molecule has 2 aromatic rings. The molecule has 1 heterocycles. The summed E-state index contributed by atoms with van der Waals surface area (Å²) in [5.74, 6) is -1.88. The quantitative estimate of drug-likeness (QED) is 0.820. The molecule has 0 saturated heterocycles. The standard InChI is InChI=1S/C20H21F2N3O/c1-14(16-8-9-17(21)18(22)12-16)24(2)13-20(26)25-11-10-19(23-25)15-6-4-3-5-7-15/h3-9,12,14H,10-11,13H2,1-2H3. The van der Waals surface area contributed by atoms with E-state index in [4.69, 9.17) is 0 Å². The molecule has 0 aliphatic carbocycles. The van der Waals surface area contributed by atoms with Crippen LogP contribution in [0, 0.1) is 11.6 Å². The van der Waals surface area contributed by atoms with Gasteiger partial charge in [-0.1, -0.05) is 36.4 Å². The molecule has 1 aliphatic rings. The number of amides is 1. The fourth-order valence-corrected chi connectivity index (χ4v) is 2.93.